The first-order chi connectivity index (χ1) is 6.61. The zero-order chi connectivity index (χ0) is 10.7. The Bertz CT molecular complexity index is 325. The number of methoxy groups -OCH3 is 1. The average Bonchev–Trinajstić information content (AvgIpc) is 2.18. The van der Waals surface area contributed by atoms with E-state index >= 15 is 0 Å². The van der Waals surface area contributed by atoms with Crippen LogP contribution in [-0.2, 0) is 0 Å². The number of ether oxygens (including phenoxy) is 1. The number of phenols is 1. The van der Waals surface area contributed by atoms with E-state index in [0.717, 1.165) is 0 Å². The lowest BCUT2D eigenvalue weighted by molar-refractivity contribution is 0.269. The normalized spacial score (nSPS) is 12.6. The van der Waals surface area contributed by atoms with Crippen molar-refractivity contribution < 1.29 is 14.9 Å². The molecule has 2 N–H and O–H groups in total. The van der Waals surface area contributed by atoms with Crippen molar-refractivity contribution in [2.24, 2.45) is 0 Å². The summed E-state index contributed by atoms with van der Waals surface area (Å²) in [6.07, 6.45) is 0. The summed E-state index contributed by atoms with van der Waals surface area (Å²) in [4.78, 5) is 0. The zero-order valence-electron chi connectivity index (χ0n) is 8.12. The van der Waals surface area contributed by atoms with Crippen molar-refractivity contribution in [1.29, 1.82) is 0 Å². The van der Waals surface area contributed by atoms with E-state index in [1.165, 1.54) is 7.11 Å². The van der Waals surface area contributed by atoms with E-state index < -0.39 is 0 Å². The van der Waals surface area contributed by atoms with Crippen LogP contribution in [0.25, 0.3) is 0 Å². The third kappa shape index (κ3) is 1.94. The van der Waals surface area contributed by atoms with Crippen LogP contribution in [0.5, 0.6) is 11.5 Å². The summed E-state index contributed by atoms with van der Waals surface area (Å²) in [6.45, 7) is 1.78. The fourth-order valence-electron chi connectivity index (χ4n) is 1.25. The van der Waals surface area contributed by atoms with Gasteiger partial charge in [0.1, 0.15) is 0 Å². The molecule has 0 aliphatic heterocycles. The summed E-state index contributed by atoms with van der Waals surface area (Å²) in [5, 5.41) is 19.1. The second-order valence-corrected chi connectivity index (χ2v) is 3.51. The highest BCUT2D eigenvalue weighted by atomic mass is 35.5. The molecule has 0 bridgehead atoms. The number of rotatable bonds is 3. The molecule has 1 aromatic carbocycles. The van der Waals surface area contributed by atoms with Gasteiger partial charge in [0.05, 0.1) is 12.1 Å². The van der Waals surface area contributed by atoms with Gasteiger partial charge in [-0.15, -0.1) is 0 Å². The number of aromatic hydroxyl groups is 1. The van der Waals surface area contributed by atoms with Gasteiger partial charge in [-0.1, -0.05) is 24.6 Å². The fourth-order valence-corrected chi connectivity index (χ4v) is 1.48. The maximum absolute atomic E-state index is 9.75. The molecule has 0 aliphatic carbocycles. The van der Waals surface area contributed by atoms with Crippen LogP contribution in [0.1, 0.15) is 18.4 Å². The lowest BCUT2D eigenvalue weighted by Crippen LogP contribution is -2.00. The van der Waals surface area contributed by atoms with Crippen molar-refractivity contribution in [3.05, 3.63) is 22.7 Å². The SMILES string of the molecule is COc1c(Cl)ccc(C(C)CO)c1O. The summed E-state index contributed by atoms with van der Waals surface area (Å²) in [5.41, 5.74) is 0.633. The molecule has 0 heterocycles. The molecular weight excluding hydrogens is 204 g/mol. The lowest BCUT2D eigenvalue weighted by Gasteiger charge is -2.14. The van der Waals surface area contributed by atoms with E-state index in [0.29, 0.717) is 10.6 Å². The Morgan fingerprint density at radius 2 is 2.14 bits per heavy atom. The minimum Gasteiger partial charge on any atom is -0.504 e. The van der Waals surface area contributed by atoms with Gasteiger partial charge in [-0.05, 0) is 6.07 Å². The predicted octanol–water partition coefficient (Wildman–Crippen LogP) is 2.15. The van der Waals surface area contributed by atoms with Crippen LogP contribution in [-0.4, -0.2) is 23.9 Å². The van der Waals surface area contributed by atoms with Crippen molar-refractivity contribution in [3.8, 4) is 11.5 Å². The minimum absolute atomic E-state index is 0.00144. The maximum atomic E-state index is 9.75. The van der Waals surface area contributed by atoms with Gasteiger partial charge in [-0.25, -0.2) is 0 Å². The molecule has 0 saturated carbocycles. The van der Waals surface area contributed by atoms with Crippen LogP contribution in [0.4, 0.5) is 0 Å². The number of halogens is 1. The van der Waals surface area contributed by atoms with Crippen molar-refractivity contribution in [3.63, 3.8) is 0 Å². The summed E-state index contributed by atoms with van der Waals surface area (Å²) >= 11 is 5.80. The molecule has 0 fully saturated rings. The first-order valence-corrected chi connectivity index (χ1v) is 4.65. The van der Waals surface area contributed by atoms with Crippen LogP contribution in [0.3, 0.4) is 0 Å². The molecule has 1 aromatic rings. The molecule has 0 spiro atoms. The molecule has 4 heteroatoms. The quantitative estimate of drug-likeness (QED) is 0.814. The Morgan fingerprint density at radius 3 is 2.64 bits per heavy atom. The molecule has 1 unspecified atom stereocenters. The van der Waals surface area contributed by atoms with E-state index in [2.05, 4.69) is 0 Å². The third-order valence-electron chi connectivity index (χ3n) is 2.12. The van der Waals surface area contributed by atoms with Gasteiger partial charge < -0.3 is 14.9 Å². The molecule has 0 aliphatic rings. The summed E-state index contributed by atoms with van der Waals surface area (Å²) in [7, 11) is 1.44. The summed E-state index contributed by atoms with van der Waals surface area (Å²) in [5.74, 6) is 0.118. The summed E-state index contributed by atoms with van der Waals surface area (Å²) < 4.78 is 4.95. The Kier molecular flexibility index (Phi) is 3.61. The van der Waals surface area contributed by atoms with Crippen molar-refractivity contribution in [2.45, 2.75) is 12.8 Å². The van der Waals surface area contributed by atoms with E-state index in [4.69, 9.17) is 21.4 Å². The van der Waals surface area contributed by atoms with E-state index in [1.54, 1.807) is 12.1 Å². The first kappa shape index (κ1) is 11.1. The van der Waals surface area contributed by atoms with Gasteiger partial charge in [0.25, 0.3) is 0 Å². The van der Waals surface area contributed by atoms with Crippen molar-refractivity contribution >= 4 is 11.6 Å². The number of phenolic OH excluding ortho intramolecular Hbond substituents is 1. The third-order valence-corrected chi connectivity index (χ3v) is 2.42. The number of aliphatic hydroxyl groups excluding tert-OH is 1. The Hall–Kier alpha value is -0.930. The van der Waals surface area contributed by atoms with Crippen LogP contribution >= 0.6 is 11.6 Å². The van der Waals surface area contributed by atoms with Crippen LogP contribution in [0, 0.1) is 0 Å². The molecule has 14 heavy (non-hydrogen) atoms. The summed E-state index contributed by atoms with van der Waals surface area (Å²) in [6, 6.07) is 3.32. The Balaban J connectivity index is 3.21. The van der Waals surface area contributed by atoms with Crippen molar-refractivity contribution in [1.82, 2.24) is 0 Å². The minimum atomic E-state index is -0.138. The van der Waals surface area contributed by atoms with Crippen molar-refractivity contribution in [2.75, 3.05) is 13.7 Å². The van der Waals surface area contributed by atoms with Gasteiger partial charge in [0, 0.05) is 18.1 Å². The molecule has 1 atom stereocenters. The largest absolute Gasteiger partial charge is 0.504 e. The van der Waals surface area contributed by atoms with E-state index in [1.807, 2.05) is 6.92 Å². The number of aliphatic hydroxyl groups is 1. The zero-order valence-corrected chi connectivity index (χ0v) is 8.88. The Morgan fingerprint density at radius 1 is 1.50 bits per heavy atom. The van der Waals surface area contributed by atoms with Crippen LogP contribution in [0.2, 0.25) is 5.02 Å². The standard InChI is InChI=1S/C10H13ClO3/c1-6(5-12)7-3-4-8(11)10(14-2)9(7)13/h3-4,6,12-13H,5H2,1-2H3. The van der Waals surface area contributed by atoms with E-state index in [9.17, 15) is 5.11 Å². The number of benzene rings is 1. The number of hydrogen-bond acceptors (Lipinski definition) is 3. The van der Waals surface area contributed by atoms with Gasteiger partial charge in [0.2, 0.25) is 0 Å². The first-order valence-electron chi connectivity index (χ1n) is 4.28. The van der Waals surface area contributed by atoms with E-state index in [-0.39, 0.29) is 24.0 Å². The molecule has 0 aromatic heterocycles. The molecule has 0 saturated heterocycles. The Labute approximate surface area is 87.9 Å². The lowest BCUT2D eigenvalue weighted by atomic mass is 10.0. The van der Waals surface area contributed by atoms with Gasteiger partial charge >= 0.3 is 0 Å². The predicted molar refractivity (Wildman–Crippen MR) is 55.2 cm³/mol. The average molecular weight is 217 g/mol. The fraction of sp³-hybridized carbons (Fsp3) is 0.400. The smallest absolute Gasteiger partial charge is 0.179 e. The number of hydrogen-bond donors (Lipinski definition) is 2. The highest BCUT2D eigenvalue weighted by Crippen LogP contribution is 2.39. The monoisotopic (exact) mass is 216 g/mol. The van der Waals surface area contributed by atoms with Gasteiger partial charge in [-0.2, -0.15) is 0 Å². The molecular formula is C10H13ClO3. The topological polar surface area (TPSA) is 49.7 Å². The molecule has 0 amide bonds. The maximum Gasteiger partial charge on any atom is 0.179 e. The molecule has 3 nitrogen and oxygen atoms in total. The molecule has 1 rings (SSSR count). The molecule has 78 valence electrons. The second-order valence-electron chi connectivity index (χ2n) is 3.10. The second kappa shape index (κ2) is 4.53. The van der Waals surface area contributed by atoms with Gasteiger partial charge in [0.15, 0.2) is 11.5 Å². The highest BCUT2D eigenvalue weighted by molar-refractivity contribution is 6.32. The molecule has 0 radical (unpaired) electrons. The highest BCUT2D eigenvalue weighted by Gasteiger charge is 2.15. The van der Waals surface area contributed by atoms with Crippen LogP contribution in [0.15, 0.2) is 12.1 Å². The van der Waals surface area contributed by atoms with Gasteiger partial charge in [-0.3, -0.25) is 0 Å². The van der Waals surface area contributed by atoms with Crippen LogP contribution < -0.4 is 4.74 Å².